The highest BCUT2D eigenvalue weighted by atomic mass is 79.9. The predicted octanol–water partition coefficient (Wildman–Crippen LogP) is 3.27. The van der Waals surface area contributed by atoms with Crippen LogP contribution in [-0.4, -0.2) is 23.0 Å². The lowest BCUT2D eigenvalue weighted by molar-refractivity contribution is -0.121. The van der Waals surface area contributed by atoms with Crippen LogP contribution in [0.4, 0.5) is 5.69 Å². The highest BCUT2D eigenvalue weighted by Gasteiger charge is 2.38. The van der Waals surface area contributed by atoms with Crippen LogP contribution in [0.3, 0.4) is 0 Å². The third kappa shape index (κ3) is 2.95. The number of hydrogen-bond acceptors (Lipinski definition) is 3. The van der Waals surface area contributed by atoms with E-state index in [4.69, 9.17) is 17.3 Å². The Bertz CT molecular complexity index is 463. The molecule has 1 unspecified atom stereocenters. The van der Waals surface area contributed by atoms with Crippen molar-refractivity contribution in [1.82, 2.24) is 0 Å². The maximum atomic E-state index is 11.7. The first kappa shape index (κ1) is 14.0. The molecule has 1 fully saturated rings. The molecule has 1 aromatic rings. The number of halogens is 2. The van der Waals surface area contributed by atoms with Gasteiger partial charge < -0.3 is 11.1 Å². The van der Waals surface area contributed by atoms with Crippen LogP contribution >= 0.6 is 39.3 Å². The second-order valence-electron chi connectivity index (χ2n) is 4.36. The molecule has 0 aliphatic carbocycles. The first-order chi connectivity index (χ1) is 8.53. The van der Waals surface area contributed by atoms with E-state index in [1.165, 1.54) is 0 Å². The number of thioether (sulfide) groups is 1. The van der Waals surface area contributed by atoms with Gasteiger partial charge in [-0.1, -0.05) is 11.6 Å². The van der Waals surface area contributed by atoms with Crippen molar-refractivity contribution in [3.63, 3.8) is 0 Å². The molecule has 0 saturated carbocycles. The molecule has 18 heavy (non-hydrogen) atoms. The summed E-state index contributed by atoms with van der Waals surface area (Å²) in [5.74, 6) is 1.50. The summed E-state index contributed by atoms with van der Waals surface area (Å²) in [6.45, 7) is 0. The van der Waals surface area contributed by atoms with Crippen LogP contribution in [0.25, 0.3) is 0 Å². The number of nitrogens with two attached hydrogens (primary N) is 1. The van der Waals surface area contributed by atoms with Crippen LogP contribution in [0, 0.1) is 0 Å². The summed E-state index contributed by atoms with van der Waals surface area (Å²) in [7, 11) is 0. The normalized spacial score (nSPS) is 23.7. The molecule has 1 heterocycles. The van der Waals surface area contributed by atoms with Crippen LogP contribution in [-0.2, 0) is 4.79 Å². The standard InChI is InChI=1S/C12H14BrClN2OS/c13-9-6-8(2-3-10(9)14)16-12(11(15)17)4-1-5-18-7-12/h2-3,6,16H,1,4-5,7H2,(H2,15,17). The summed E-state index contributed by atoms with van der Waals surface area (Å²) in [4.78, 5) is 11.7. The van der Waals surface area contributed by atoms with Gasteiger partial charge in [0.15, 0.2) is 0 Å². The van der Waals surface area contributed by atoms with Crippen LogP contribution in [0.15, 0.2) is 22.7 Å². The fourth-order valence-electron chi connectivity index (χ4n) is 2.00. The molecule has 0 spiro atoms. The number of rotatable bonds is 3. The number of primary amides is 1. The Kier molecular flexibility index (Phi) is 4.45. The zero-order chi connectivity index (χ0) is 13.2. The monoisotopic (exact) mass is 348 g/mol. The van der Waals surface area contributed by atoms with Gasteiger partial charge in [0, 0.05) is 15.9 Å². The van der Waals surface area contributed by atoms with Crippen molar-refractivity contribution in [2.45, 2.75) is 18.4 Å². The highest BCUT2D eigenvalue weighted by Crippen LogP contribution is 2.32. The zero-order valence-electron chi connectivity index (χ0n) is 9.71. The van der Waals surface area contributed by atoms with Crippen LogP contribution in [0.5, 0.6) is 0 Å². The van der Waals surface area contributed by atoms with Crippen molar-refractivity contribution in [3.05, 3.63) is 27.7 Å². The number of carbonyl (C=O) groups excluding carboxylic acids is 1. The van der Waals surface area contributed by atoms with Crippen LogP contribution in [0.2, 0.25) is 5.02 Å². The van der Waals surface area contributed by atoms with E-state index in [9.17, 15) is 4.79 Å². The van der Waals surface area contributed by atoms with Crippen LogP contribution < -0.4 is 11.1 Å². The molecule has 0 radical (unpaired) electrons. The summed E-state index contributed by atoms with van der Waals surface area (Å²) in [6, 6.07) is 5.52. The molecule has 98 valence electrons. The van der Waals surface area contributed by atoms with E-state index >= 15 is 0 Å². The molecular weight excluding hydrogens is 336 g/mol. The molecule has 3 nitrogen and oxygen atoms in total. The molecule has 1 aromatic carbocycles. The quantitative estimate of drug-likeness (QED) is 0.880. The summed E-state index contributed by atoms with van der Waals surface area (Å²) in [5.41, 5.74) is 5.78. The van der Waals surface area contributed by atoms with Gasteiger partial charge in [0.1, 0.15) is 5.54 Å². The topological polar surface area (TPSA) is 55.1 Å². The highest BCUT2D eigenvalue weighted by molar-refractivity contribution is 9.10. The smallest absolute Gasteiger partial charge is 0.243 e. The Morgan fingerprint density at radius 2 is 2.33 bits per heavy atom. The summed E-state index contributed by atoms with van der Waals surface area (Å²) >= 11 is 11.1. The number of hydrogen-bond donors (Lipinski definition) is 2. The number of amides is 1. The molecule has 1 atom stereocenters. The van der Waals surface area contributed by atoms with E-state index in [1.54, 1.807) is 17.8 Å². The van der Waals surface area contributed by atoms with E-state index in [0.29, 0.717) is 10.8 Å². The molecule has 6 heteroatoms. The summed E-state index contributed by atoms with van der Waals surface area (Å²) in [6.07, 6.45) is 1.77. The fourth-order valence-corrected chi connectivity index (χ4v) is 3.70. The van der Waals surface area contributed by atoms with E-state index in [1.807, 2.05) is 12.1 Å². The largest absolute Gasteiger partial charge is 0.371 e. The Balaban J connectivity index is 2.23. The van der Waals surface area contributed by atoms with Gasteiger partial charge in [0.05, 0.1) is 5.02 Å². The molecule has 0 bridgehead atoms. The molecule has 1 aliphatic heterocycles. The molecular formula is C12H14BrClN2OS. The average molecular weight is 350 g/mol. The van der Waals surface area contributed by atoms with Gasteiger partial charge in [-0.05, 0) is 52.7 Å². The summed E-state index contributed by atoms with van der Waals surface area (Å²) in [5, 5.41) is 3.92. The minimum absolute atomic E-state index is 0.291. The van der Waals surface area contributed by atoms with Gasteiger partial charge in [-0.3, -0.25) is 4.79 Å². The van der Waals surface area contributed by atoms with Crippen LogP contribution in [0.1, 0.15) is 12.8 Å². The maximum absolute atomic E-state index is 11.7. The fraction of sp³-hybridized carbons (Fsp3) is 0.417. The zero-order valence-corrected chi connectivity index (χ0v) is 12.9. The third-order valence-electron chi connectivity index (χ3n) is 3.02. The minimum atomic E-state index is -0.643. The predicted molar refractivity (Wildman–Crippen MR) is 81.3 cm³/mol. The number of benzene rings is 1. The van der Waals surface area contributed by atoms with E-state index < -0.39 is 5.54 Å². The first-order valence-corrected chi connectivity index (χ1v) is 7.97. The molecule has 1 aliphatic rings. The lowest BCUT2D eigenvalue weighted by Crippen LogP contribution is -2.54. The minimum Gasteiger partial charge on any atom is -0.371 e. The van der Waals surface area contributed by atoms with Gasteiger partial charge in [0.25, 0.3) is 0 Å². The number of anilines is 1. The second kappa shape index (κ2) is 5.72. The van der Waals surface area contributed by atoms with Crippen molar-refractivity contribution in [2.24, 2.45) is 5.73 Å². The molecule has 0 aromatic heterocycles. The van der Waals surface area contributed by atoms with E-state index in [0.717, 1.165) is 28.8 Å². The van der Waals surface area contributed by atoms with E-state index in [2.05, 4.69) is 21.2 Å². The summed E-state index contributed by atoms with van der Waals surface area (Å²) < 4.78 is 0.803. The molecule has 3 N–H and O–H groups in total. The molecule has 1 amide bonds. The molecule has 1 saturated heterocycles. The van der Waals surface area contributed by atoms with E-state index in [-0.39, 0.29) is 5.91 Å². The second-order valence-corrected chi connectivity index (χ2v) is 6.72. The number of carbonyl (C=O) groups is 1. The van der Waals surface area contributed by atoms with Crippen molar-refractivity contribution < 1.29 is 4.79 Å². The Labute approximate surface area is 124 Å². The SMILES string of the molecule is NC(=O)C1(Nc2ccc(Cl)c(Br)c2)CCCSC1. The lowest BCUT2D eigenvalue weighted by atomic mass is 9.94. The van der Waals surface area contributed by atoms with Gasteiger partial charge in [-0.15, -0.1) is 0 Å². The maximum Gasteiger partial charge on any atom is 0.243 e. The lowest BCUT2D eigenvalue weighted by Gasteiger charge is -2.35. The van der Waals surface area contributed by atoms with Crippen molar-refractivity contribution in [2.75, 3.05) is 16.8 Å². The van der Waals surface area contributed by atoms with Gasteiger partial charge in [0.2, 0.25) is 5.91 Å². The Morgan fingerprint density at radius 3 is 2.89 bits per heavy atom. The Hall–Kier alpha value is -0.390. The average Bonchev–Trinajstić information content (AvgIpc) is 2.35. The van der Waals surface area contributed by atoms with Crippen molar-refractivity contribution in [3.8, 4) is 0 Å². The van der Waals surface area contributed by atoms with Gasteiger partial charge >= 0.3 is 0 Å². The van der Waals surface area contributed by atoms with Gasteiger partial charge in [-0.2, -0.15) is 11.8 Å². The van der Waals surface area contributed by atoms with Crippen molar-refractivity contribution in [1.29, 1.82) is 0 Å². The van der Waals surface area contributed by atoms with Gasteiger partial charge in [-0.25, -0.2) is 0 Å². The third-order valence-corrected chi connectivity index (χ3v) is 5.50. The number of nitrogens with one attached hydrogen (secondary N) is 1. The van der Waals surface area contributed by atoms with Crippen molar-refractivity contribution >= 4 is 50.9 Å². The first-order valence-electron chi connectivity index (χ1n) is 5.64. The Morgan fingerprint density at radius 1 is 1.56 bits per heavy atom. The molecule has 2 rings (SSSR count).